The van der Waals surface area contributed by atoms with Crippen LogP contribution in [0.25, 0.3) is 0 Å². The first-order valence-corrected chi connectivity index (χ1v) is 7.99. The highest BCUT2D eigenvalue weighted by Crippen LogP contribution is 2.30. The predicted octanol–water partition coefficient (Wildman–Crippen LogP) is 4.94. The van der Waals surface area contributed by atoms with Crippen molar-refractivity contribution < 1.29 is 0 Å². The number of benzene rings is 1. The van der Waals surface area contributed by atoms with Gasteiger partial charge in [-0.05, 0) is 47.5 Å². The molecule has 112 valence electrons. The molecular weight excluding hydrogens is 352 g/mol. The summed E-state index contributed by atoms with van der Waals surface area (Å²) < 4.78 is 0.899. The number of nitrogens with one attached hydrogen (secondary N) is 2. The average molecular weight is 370 g/mol. The largest absolute Gasteiger partial charge is 0.373 e. The zero-order valence-electron chi connectivity index (χ0n) is 12.3. The summed E-state index contributed by atoms with van der Waals surface area (Å²) in [6.45, 7) is 4.11. The van der Waals surface area contributed by atoms with E-state index in [9.17, 15) is 0 Å². The maximum Gasteiger partial charge on any atom is 0.139 e. The Labute approximate surface area is 138 Å². The predicted molar refractivity (Wildman–Crippen MR) is 92.7 cm³/mol. The third-order valence-corrected chi connectivity index (χ3v) is 3.98. The second kappa shape index (κ2) is 7.09. The molecule has 0 atom stereocenters. The van der Waals surface area contributed by atoms with Gasteiger partial charge < -0.3 is 10.6 Å². The zero-order valence-corrected chi connectivity index (χ0v) is 14.6. The average Bonchev–Trinajstić information content (AvgIpc) is 2.45. The molecule has 0 aliphatic heterocycles. The van der Waals surface area contributed by atoms with Crippen molar-refractivity contribution in [3.63, 3.8) is 0 Å². The van der Waals surface area contributed by atoms with Gasteiger partial charge in [-0.2, -0.15) is 0 Å². The number of halogens is 2. The van der Waals surface area contributed by atoms with Crippen molar-refractivity contribution in [2.24, 2.45) is 0 Å². The summed E-state index contributed by atoms with van der Waals surface area (Å²) in [6.07, 6.45) is 1.86. The van der Waals surface area contributed by atoms with E-state index < -0.39 is 0 Å². The van der Waals surface area contributed by atoms with Gasteiger partial charge in [-0.25, -0.2) is 9.97 Å². The fourth-order valence-corrected chi connectivity index (χ4v) is 2.76. The summed E-state index contributed by atoms with van der Waals surface area (Å²) in [5.74, 6) is 2.49. The van der Waals surface area contributed by atoms with E-state index in [1.165, 1.54) is 0 Å². The van der Waals surface area contributed by atoms with Crippen molar-refractivity contribution in [2.75, 3.05) is 17.7 Å². The van der Waals surface area contributed by atoms with Gasteiger partial charge in [0.2, 0.25) is 0 Å². The number of rotatable bonds is 5. The summed E-state index contributed by atoms with van der Waals surface area (Å²) in [5.41, 5.74) is 1.91. The first kappa shape index (κ1) is 16.0. The molecule has 0 radical (unpaired) electrons. The minimum Gasteiger partial charge on any atom is -0.373 e. The topological polar surface area (TPSA) is 49.8 Å². The lowest BCUT2D eigenvalue weighted by molar-refractivity contribution is 0.835. The summed E-state index contributed by atoms with van der Waals surface area (Å²) in [5, 5.41) is 7.15. The van der Waals surface area contributed by atoms with Gasteiger partial charge in [0.25, 0.3) is 0 Å². The SMILES string of the molecule is CCCc1nc(NC)c(C)c(Nc2ccc(Cl)cc2Br)n1. The molecule has 0 amide bonds. The fraction of sp³-hybridized carbons (Fsp3) is 0.333. The molecule has 0 saturated carbocycles. The quantitative estimate of drug-likeness (QED) is 0.784. The summed E-state index contributed by atoms with van der Waals surface area (Å²) in [4.78, 5) is 9.14. The molecule has 2 N–H and O–H groups in total. The standard InChI is InChI=1S/C15H18BrClN4/c1-4-5-13-20-14(18-3)9(2)15(21-13)19-12-7-6-10(17)8-11(12)16/h6-8H,4-5H2,1-3H3,(H2,18,19,20,21). The Morgan fingerprint density at radius 3 is 2.57 bits per heavy atom. The van der Waals surface area contributed by atoms with Crippen LogP contribution in [0.1, 0.15) is 24.7 Å². The van der Waals surface area contributed by atoms with E-state index in [4.69, 9.17) is 11.6 Å². The van der Waals surface area contributed by atoms with Crippen LogP contribution in [0, 0.1) is 6.92 Å². The molecule has 0 saturated heterocycles. The highest BCUT2D eigenvalue weighted by molar-refractivity contribution is 9.10. The van der Waals surface area contributed by atoms with Crippen molar-refractivity contribution in [3.05, 3.63) is 39.1 Å². The molecule has 0 unspecified atom stereocenters. The second-order valence-corrected chi connectivity index (χ2v) is 6.00. The Morgan fingerprint density at radius 1 is 1.24 bits per heavy atom. The van der Waals surface area contributed by atoms with Crippen LogP contribution in [0.5, 0.6) is 0 Å². The number of anilines is 3. The van der Waals surface area contributed by atoms with Crippen molar-refractivity contribution in [2.45, 2.75) is 26.7 Å². The van der Waals surface area contributed by atoms with Gasteiger partial charge in [0.05, 0.1) is 5.69 Å². The lowest BCUT2D eigenvalue weighted by atomic mass is 10.2. The number of nitrogens with zero attached hydrogens (tertiary/aromatic N) is 2. The molecule has 1 aromatic carbocycles. The van der Waals surface area contributed by atoms with E-state index in [0.717, 1.165) is 46.0 Å². The molecule has 0 bridgehead atoms. The Balaban J connectivity index is 2.40. The van der Waals surface area contributed by atoms with Gasteiger partial charge in [-0.1, -0.05) is 18.5 Å². The van der Waals surface area contributed by atoms with E-state index in [0.29, 0.717) is 5.02 Å². The number of aromatic nitrogens is 2. The second-order valence-electron chi connectivity index (χ2n) is 4.71. The first-order chi connectivity index (χ1) is 10.0. The van der Waals surface area contributed by atoms with Crippen LogP contribution in [0.15, 0.2) is 22.7 Å². The highest BCUT2D eigenvalue weighted by atomic mass is 79.9. The summed E-state index contributed by atoms with van der Waals surface area (Å²) in [7, 11) is 1.87. The molecule has 0 spiro atoms. The van der Waals surface area contributed by atoms with Crippen molar-refractivity contribution >= 4 is 44.9 Å². The molecule has 1 heterocycles. The molecule has 4 nitrogen and oxygen atoms in total. The molecule has 6 heteroatoms. The Kier molecular flexibility index (Phi) is 5.42. The molecule has 0 aliphatic rings. The normalized spacial score (nSPS) is 10.5. The van der Waals surface area contributed by atoms with Crippen LogP contribution in [0.3, 0.4) is 0 Å². The Morgan fingerprint density at radius 2 is 1.95 bits per heavy atom. The number of hydrogen-bond donors (Lipinski definition) is 2. The molecule has 0 aliphatic carbocycles. The van der Waals surface area contributed by atoms with Crippen molar-refractivity contribution in [1.29, 1.82) is 0 Å². The third kappa shape index (κ3) is 3.86. The maximum atomic E-state index is 5.97. The van der Waals surface area contributed by atoms with Crippen LogP contribution < -0.4 is 10.6 Å². The summed E-state index contributed by atoms with van der Waals surface area (Å²) in [6, 6.07) is 5.62. The molecule has 0 fully saturated rings. The van der Waals surface area contributed by atoms with E-state index in [1.54, 1.807) is 0 Å². The van der Waals surface area contributed by atoms with E-state index >= 15 is 0 Å². The molecule has 2 aromatic rings. The first-order valence-electron chi connectivity index (χ1n) is 6.82. The Hall–Kier alpha value is -1.33. The van der Waals surface area contributed by atoms with Crippen LogP contribution in [0.2, 0.25) is 5.02 Å². The van der Waals surface area contributed by atoms with Crippen molar-refractivity contribution in [3.8, 4) is 0 Å². The van der Waals surface area contributed by atoms with E-state index in [-0.39, 0.29) is 0 Å². The molecule has 1 aromatic heterocycles. The van der Waals surface area contributed by atoms with Crippen LogP contribution >= 0.6 is 27.5 Å². The van der Waals surface area contributed by atoms with Crippen LogP contribution in [-0.2, 0) is 6.42 Å². The van der Waals surface area contributed by atoms with Gasteiger partial charge in [-0.3, -0.25) is 0 Å². The minimum absolute atomic E-state index is 0.689. The zero-order chi connectivity index (χ0) is 15.4. The fourth-order valence-electron chi connectivity index (χ4n) is 1.98. The van der Waals surface area contributed by atoms with Gasteiger partial charge in [-0.15, -0.1) is 0 Å². The third-order valence-electron chi connectivity index (χ3n) is 3.09. The molecular formula is C15H18BrClN4. The van der Waals surface area contributed by atoms with Crippen LogP contribution in [0.4, 0.5) is 17.3 Å². The lowest BCUT2D eigenvalue weighted by Gasteiger charge is -2.14. The number of hydrogen-bond acceptors (Lipinski definition) is 4. The van der Waals surface area contributed by atoms with Gasteiger partial charge in [0, 0.05) is 28.5 Å². The van der Waals surface area contributed by atoms with Gasteiger partial charge in [0.1, 0.15) is 17.5 Å². The van der Waals surface area contributed by atoms with Crippen LogP contribution in [-0.4, -0.2) is 17.0 Å². The number of aryl methyl sites for hydroxylation is 1. The van der Waals surface area contributed by atoms with Gasteiger partial charge >= 0.3 is 0 Å². The molecule has 21 heavy (non-hydrogen) atoms. The van der Waals surface area contributed by atoms with E-state index in [1.807, 2.05) is 32.2 Å². The lowest BCUT2D eigenvalue weighted by Crippen LogP contribution is -2.07. The molecule has 2 rings (SSSR count). The van der Waals surface area contributed by atoms with Gasteiger partial charge in [0.15, 0.2) is 0 Å². The smallest absolute Gasteiger partial charge is 0.139 e. The Bertz CT molecular complexity index is 646. The minimum atomic E-state index is 0.689. The monoisotopic (exact) mass is 368 g/mol. The van der Waals surface area contributed by atoms with Crippen molar-refractivity contribution in [1.82, 2.24) is 9.97 Å². The highest BCUT2D eigenvalue weighted by Gasteiger charge is 2.11. The summed E-state index contributed by atoms with van der Waals surface area (Å²) >= 11 is 9.48. The maximum absolute atomic E-state index is 5.97. The van der Waals surface area contributed by atoms with E-state index in [2.05, 4.69) is 43.5 Å².